The molecule has 0 atom stereocenters. The van der Waals surface area contributed by atoms with Crippen LogP contribution in [0.1, 0.15) is 11.4 Å². The van der Waals surface area contributed by atoms with Crippen LogP contribution in [0.5, 0.6) is 0 Å². The van der Waals surface area contributed by atoms with E-state index in [2.05, 4.69) is 9.72 Å². The van der Waals surface area contributed by atoms with Crippen LogP contribution in [0.4, 0.5) is 0 Å². The first kappa shape index (κ1) is 17.0. The number of esters is 1. The fourth-order valence-corrected chi connectivity index (χ4v) is 3.10. The molecule has 8 heteroatoms. The molecule has 0 saturated carbocycles. The molecule has 0 aliphatic rings. The lowest BCUT2D eigenvalue weighted by atomic mass is 10.2. The zero-order valence-corrected chi connectivity index (χ0v) is 14.7. The maximum absolute atomic E-state index is 12.1. The van der Waals surface area contributed by atoms with E-state index in [1.165, 1.54) is 7.11 Å². The number of benzene rings is 1. The van der Waals surface area contributed by atoms with E-state index in [0.29, 0.717) is 21.7 Å². The lowest BCUT2D eigenvalue weighted by molar-refractivity contribution is -0.141. The Morgan fingerprint density at radius 2 is 1.84 bits per heavy atom. The number of nitrogens with zero attached hydrogens (tertiary/aromatic N) is 2. The maximum atomic E-state index is 12.1. The summed E-state index contributed by atoms with van der Waals surface area (Å²) in [6, 6.07) is 7.16. The molecule has 0 aliphatic heterocycles. The summed E-state index contributed by atoms with van der Waals surface area (Å²) in [6.07, 6.45) is 0. The van der Waals surface area contributed by atoms with Gasteiger partial charge in [0.05, 0.1) is 28.9 Å². The van der Waals surface area contributed by atoms with Crippen LogP contribution in [0, 0.1) is 13.8 Å². The molecule has 0 saturated heterocycles. The Morgan fingerprint density at radius 3 is 2.44 bits per heavy atom. The first-order valence-electron chi connectivity index (χ1n) is 7.52. The quantitative estimate of drug-likeness (QED) is 0.570. The highest BCUT2D eigenvalue weighted by molar-refractivity contribution is 6.33. The third kappa shape index (κ3) is 2.87. The summed E-state index contributed by atoms with van der Waals surface area (Å²) in [7, 11) is 1.21. The van der Waals surface area contributed by atoms with Crippen LogP contribution in [-0.2, 0) is 16.1 Å². The van der Waals surface area contributed by atoms with Gasteiger partial charge in [0.2, 0.25) is 0 Å². The average molecular weight is 362 g/mol. The number of aromatic amines is 1. The van der Waals surface area contributed by atoms with Crippen LogP contribution < -0.4 is 11.1 Å². The fraction of sp³-hybridized carbons (Fsp3) is 0.235. The molecule has 1 aromatic carbocycles. The fourth-order valence-electron chi connectivity index (χ4n) is 2.85. The number of aromatic nitrogens is 3. The van der Waals surface area contributed by atoms with Crippen molar-refractivity contribution in [2.45, 2.75) is 20.4 Å². The normalized spacial score (nSPS) is 11.0. The van der Waals surface area contributed by atoms with E-state index in [-0.39, 0.29) is 6.54 Å². The Labute approximate surface area is 147 Å². The van der Waals surface area contributed by atoms with Gasteiger partial charge in [-0.2, -0.15) is 0 Å². The molecule has 2 aromatic heterocycles. The Hall–Kier alpha value is -2.80. The topological polar surface area (TPSA) is 86.1 Å². The largest absolute Gasteiger partial charge is 0.468 e. The number of carbonyl (C=O) groups is 1. The van der Waals surface area contributed by atoms with Crippen molar-refractivity contribution in [3.05, 3.63) is 61.4 Å². The van der Waals surface area contributed by atoms with Gasteiger partial charge in [-0.1, -0.05) is 11.6 Å². The van der Waals surface area contributed by atoms with Gasteiger partial charge in [-0.15, -0.1) is 0 Å². The number of H-pyrrole nitrogens is 1. The van der Waals surface area contributed by atoms with E-state index in [1.807, 2.05) is 30.5 Å². The molecule has 1 N–H and O–H groups in total. The molecule has 2 heterocycles. The zero-order chi connectivity index (χ0) is 18.3. The smallest absolute Gasteiger partial charge is 0.325 e. The molecule has 3 aromatic rings. The number of halogens is 1. The number of rotatable bonds is 3. The van der Waals surface area contributed by atoms with E-state index < -0.39 is 17.1 Å². The zero-order valence-electron chi connectivity index (χ0n) is 13.9. The second kappa shape index (κ2) is 6.25. The van der Waals surface area contributed by atoms with Gasteiger partial charge in [0.15, 0.2) is 0 Å². The van der Waals surface area contributed by atoms with Gasteiger partial charge in [0, 0.05) is 11.4 Å². The summed E-state index contributed by atoms with van der Waals surface area (Å²) >= 11 is 6.43. The standard InChI is InChI=1S/C17H16ClN3O4/c1-9-4-5-10(2)21(9)13-7-12-14(6-11(13)18)20(8-15(22)25-3)17(24)16(23)19-12/h4-7H,8H2,1-3H3,(H,19,23). The highest BCUT2D eigenvalue weighted by Crippen LogP contribution is 2.28. The lowest BCUT2D eigenvalue weighted by Crippen LogP contribution is -2.38. The number of ether oxygens (including phenoxy) is 1. The van der Waals surface area contributed by atoms with Gasteiger partial charge in [-0.25, -0.2) is 0 Å². The van der Waals surface area contributed by atoms with E-state index >= 15 is 0 Å². The molecule has 130 valence electrons. The minimum atomic E-state index is -0.838. The van der Waals surface area contributed by atoms with Crippen LogP contribution in [0.2, 0.25) is 5.02 Å². The Balaban J connectivity index is 2.33. The molecular weight excluding hydrogens is 346 g/mol. The number of carbonyl (C=O) groups excluding carboxylic acids is 1. The van der Waals surface area contributed by atoms with Crippen molar-refractivity contribution in [2.75, 3.05) is 7.11 Å². The Morgan fingerprint density at radius 1 is 1.20 bits per heavy atom. The summed E-state index contributed by atoms with van der Waals surface area (Å²) in [5, 5.41) is 0.389. The highest BCUT2D eigenvalue weighted by atomic mass is 35.5. The van der Waals surface area contributed by atoms with Crippen LogP contribution >= 0.6 is 11.6 Å². The number of aryl methyl sites for hydroxylation is 2. The summed E-state index contributed by atoms with van der Waals surface area (Å²) < 4.78 is 7.60. The third-order valence-electron chi connectivity index (χ3n) is 4.07. The molecule has 0 fully saturated rings. The predicted molar refractivity (Wildman–Crippen MR) is 94.7 cm³/mol. The molecular formula is C17H16ClN3O4. The van der Waals surface area contributed by atoms with Crippen molar-refractivity contribution in [2.24, 2.45) is 0 Å². The first-order chi connectivity index (χ1) is 11.8. The van der Waals surface area contributed by atoms with Crippen LogP contribution in [-0.4, -0.2) is 27.2 Å². The second-order valence-electron chi connectivity index (χ2n) is 5.69. The lowest BCUT2D eigenvalue weighted by Gasteiger charge is -2.14. The van der Waals surface area contributed by atoms with Crippen molar-refractivity contribution >= 4 is 28.6 Å². The number of methoxy groups -OCH3 is 1. The van der Waals surface area contributed by atoms with Gasteiger partial charge in [-0.3, -0.25) is 19.0 Å². The molecule has 0 bridgehead atoms. The Bertz CT molecular complexity index is 1090. The molecule has 7 nitrogen and oxygen atoms in total. The summed E-state index contributed by atoms with van der Waals surface area (Å²) in [5.41, 5.74) is 1.73. The number of hydrogen-bond acceptors (Lipinski definition) is 4. The van der Waals surface area contributed by atoms with Crippen molar-refractivity contribution in [1.82, 2.24) is 14.1 Å². The number of hydrogen-bond donors (Lipinski definition) is 1. The minimum Gasteiger partial charge on any atom is -0.468 e. The summed E-state index contributed by atoms with van der Waals surface area (Å²) in [5.74, 6) is -0.633. The number of fused-ring (bicyclic) bond motifs is 1. The maximum Gasteiger partial charge on any atom is 0.325 e. The molecule has 0 spiro atoms. The van der Waals surface area contributed by atoms with E-state index in [0.717, 1.165) is 16.0 Å². The van der Waals surface area contributed by atoms with Gasteiger partial charge >= 0.3 is 17.1 Å². The summed E-state index contributed by atoms with van der Waals surface area (Å²) in [4.78, 5) is 38.2. The molecule has 0 aliphatic carbocycles. The molecule has 3 rings (SSSR count). The third-order valence-corrected chi connectivity index (χ3v) is 4.37. The molecule has 0 amide bonds. The van der Waals surface area contributed by atoms with Crippen molar-refractivity contribution in [3.63, 3.8) is 0 Å². The molecule has 0 unspecified atom stereocenters. The first-order valence-corrected chi connectivity index (χ1v) is 7.89. The van der Waals surface area contributed by atoms with Crippen LogP contribution in [0.25, 0.3) is 16.7 Å². The van der Waals surface area contributed by atoms with Crippen molar-refractivity contribution < 1.29 is 9.53 Å². The van der Waals surface area contributed by atoms with E-state index in [9.17, 15) is 14.4 Å². The average Bonchev–Trinajstić information content (AvgIpc) is 2.90. The van der Waals surface area contributed by atoms with Crippen molar-refractivity contribution in [3.8, 4) is 5.69 Å². The van der Waals surface area contributed by atoms with E-state index in [1.54, 1.807) is 12.1 Å². The van der Waals surface area contributed by atoms with Gasteiger partial charge in [0.1, 0.15) is 6.54 Å². The minimum absolute atomic E-state index is 0.353. The van der Waals surface area contributed by atoms with Gasteiger partial charge < -0.3 is 14.3 Å². The Kier molecular flexibility index (Phi) is 4.26. The van der Waals surface area contributed by atoms with Gasteiger partial charge in [-0.05, 0) is 38.1 Å². The summed E-state index contributed by atoms with van der Waals surface area (Å²) in [6.45, 7) is 3.51. The SMILES string of the molecule is COC(=O)Cn1c(=O)c(=O)[nH]c2cc(-n3c(C)ccc3C)c(Cl)cc21. The molecule has 0 radical (unpaired) electrons. The molecule has 25 heavy (non-hydrogen) atoms. The van der Waals surface area contributed by atoms with Gasteiger partial charge in [0.25, 0.3) is 0 Å². The van der Waals surface area contributed by atoms with Crippen molar-refractivity contribution in [1.29, 1.82) is 0 Å². The van der Waals surface area contributed by atoms with Crippen LogP contribution in [0.15, 0.2) is 33.9 Å². The second-order valence-corrected chi connectivity index (χ2v) is 6.10. The monoisotopic (exact) mass is 361 g/mol. The predicted octanol–water partition coefficient (Wildman–Crippen LogP) is 1.92. The van der Waals surface area contributed by atoms with E-state index in [4.69, 9.17) is 11.6 Å². The highest BCUT2D eigenvalue weighted by Gasteiger charge is 2.16. The number of nitrogens with one attached hydrogen (secondary N) is 1. The van der Waals surface area contributed by atoms with Crippen LogP contribution in [0.3, 0.4) is 0 Å².